The molecule has 1 heterocycles. The molecule has 24 heavy (non-hydrogen) atoms. The third-order valence-corrected chi connectivity index (χ3v) is 4.08. The Balaban J connectivity index is 1.76. The van der Waals surface area contributed by atoms with Gasteiger partial charge in [-0.3, -0.25) is 4.79 Å². The molecule has 5 nitrogen and oxygen atoms in total. The van der Waals surface area contributed by atoms with Crippen LogP contribution in [0.2, 0.25) is 0 Å². The number of aromatic hydroxyl groups is 2. The molecule has 0 saturated carbocycles. The molecule has 0 spiro atoms. The molecule has 3 rings (SSSR count). The van der Waals surface area contributed by atoms with E-state index in [1.54, 1.807) is 35.6 Å². The Morgan fingerprint density at radius 3 is 2.62 bits per heavy atom. The van der Waals surface area contributed by atoms with Gasteiger partial charge in [-0.05, 0) is 52.2 Å². The number of phenols is 2. The minimum atomic E-state index is -0.530. The Morgan fingerprint density at radius 2 is 1.88 bits per heavy atom. The summed E-state index contributed by atoms with van der Waals surface area (Å²) in [5, 5.41) is 27.4. The number of thiophene rings is 1. The fraction of sp³-hybridized carbons (Fsp3) is 0. The van der Waals surface area contributed by atoms with Gasteiger partial charge < -0.3 is 10.2 Å². The molecule has 0 aliphatic rings. The second kappa shape index (κ2) is 6.97. The van der Waals surface area contributed by atoms with Crippen LogP contribution in [0.1, 0.15) is 15.9 Å². The van der Waals surface area contributed by atoms with E-state index in [0.29, 0.717) is 5.56 Å². The lowest BCUT2D eigenvalue weighted by atomic mass is 10.1. The highest BCUT2D eigenvalue weighted by Crippen LogP contribution is 2.26. The average Bonchev–Trinajstić information content (AvgIpc) is 3.11. The maximum absolute atomic E-state index is 11.9. The molecule has 2 aromatic carbocycles. The summed E-state index contributed by atoms with van der Waals surface area (Å²) in [7, 11) is 0. The minimum absolute atomic E-state index is 0.0644. The number of rotatable bonds is 4. The van der Waals surface area contributed by atoms with Gasteiger partial charge in [0.15, 0.2) is 0 Å². The Bertz CT molecular complexity index is 889. The first-order chi connectivity index (χ1) is 11.6. The van der Waals surface area contributed by atoms with E-state index in [1.165, 1.54) is 18.3 Å². The molecule has 1 aromatic heterocycles. The van der Waals surface area contributed by atoms with Crippen molar-refractivity contribution in [3.63, 3.8) is 0 Å². The molecular weight excluding hydrogens is 324 g/mol. The molecule has 3 aromatic rings. The van der Waals surface area contributed by atoms with Crippen molar-refractivity contribution < 1.29 is 15.0 Å². The van der Waals surface area contributed by atoms with Crippen molar-refractivity contribution >= 4 is 23.5 Å². The predicted octanol–water partition coefficient (Wildman–Crippen LogP) is 3.59. The van der Waals surface area contributed by atoms with E-state index >= 15 is 0 Å². The number of carbonyl (C=O) groups is 1. The SMILES string of the molecule is O=C(NN=Cc1cc(-c2ccsc2)ccc1O)c1ccccc1O. The average molecular weight is 338 g/mol. The number of amides is 1. The fourth-order valence-corrected chi connectivity index (χ4v) is 2.82. The molecule has 1 amide bonds. The number of benzene rings is 2. The number of phenolic OH excluding ortho intramolecular Hbond substituents is 2. The van der Waals surface area contributed by atoms with Gasteiger partial charge in [-0.1, -0.05) is 18.2 Å². The molecule has 0 aliphatic carbocycles. The van der Waals surface area contributed by atoms with Crippen LogP contribution in [0, 0.1) is 0 Å². The second-order valence-electron chi connectivity index (χ2n) is 5.00. The molecule has 0 saturated heterocycles. The van der Waals surface area contributed by atoms with Gasteiger partial charge in [-0.15, -0.1) is 0 Å². The molecule has 0 aliphatic heterocycles. The molecule has 0 atom stereocenters. The Labute approximate surface area is 142 Å². The Kier molecular flexibility index (Phi) is 4.58. The van der Waals surface area contributed by atoms with Crippen LogP contribution in [0.25, 0.3) is 11.1 Å². The summed E-state index contributed by atoms with van der Waals surface area (Å²) in [6.45, 7) is 0. The smallest absolute Gasteiger partial charge is 0.275 e. The number of nitrogens with zero attached hydrogens (tertiary/aromatic N) is 1. The van der Waals surface area contributed by atoms with Crippen LogP contribution < -0.4 is 5.43 Å². The Morgan fingerprint density at radius 1 is 1.04 bits per heavy atom. The summed E-state index contributed by atoms with van der Waals surface area (Å²) >= 11 is 1.59. The van der Waals surface area contributed by atoms with Crippen molar-refractivity contribution in [2.75, 3.05) is 0 Å². The number of hydrogen-bond donors (Lipinski definition) is 3. The molecule has 0 unspecified atom stereocenters. The number of hydrazone groups is 1. The first kappa shape index (κ1) is 15.8. The summed E-state index contributed by atoms with van der Waals surface area (Å²) in [4.78, 5) is 11.9. The molecule has 0 bridgehead atoms. The normalized spacial score (nSPS) is 10.8. The quantitative estimate of drug-likeness (QED) is 0.502. The van der Waals surface area contributed by atoms with Crippen molar-refractivity contribution in [1.82, 2.24) is 5.43 Å². The largest absolute Gasteiger partial charge is 0.507 e. The first-order valence-corrected chi connectivity index (χ1v) is 8.06. The second-order valence-corrected chi connectivity index (χ2v) is 5.78. The van der Waals surface area contributed by atoms with Crippen LogP contribution in [0.4, 0.5) is 0 Å². The van der Waals surface area contributed by atoms with E-state index in [2.05, 4.69) is 10.5 Å². The highest BCUT2D eigenvalue weighted by Gasteiger charge is 2.09. The van der Waals surface area contributed by atoms with E-state index in [1.807, 2.05) is 22.9 Å². The van der Waals surface area contributed by atoms with E-state index < -0.39 is 5.91 Å². The van der Waals surface area contributed by atoms with Crippen molar-refractivity contribution in [3.05, 3.63) is 70.4 Å². The van der Waals surface area contributed by atoms with Gasteiger partial charge in [-0.2, -0.15) is 16.4 Å². The van der Waals surface area contributed by atoms with Crippen LogP contribution in [-0.4, -0.2) is 22.3 Å². The van der Waals surface area contributed by atoms with Gasteiger partial charge in [0.25, 0.3) is 5.91 Å². The zero-order valence-corrected chi connectivity index (χ0v) is 13.3. The van der Waals surface area contributed by atoms with E-state index in [0.717, 1.165) is 11.1 Å². The van der Waals surface area contributed by atoms with E-state index in [-0.39, 0.29) is 17.1 Å². The number of nitrogens with one attached hydrogen (secondary N) is 1. The monoisotopic (exact) mass is 338 g/mol. The van der Waals surface area contributed by atoms with Crippen molar-refractivity contribution in [3.8, 4) is 22.6 Å². The summed E-state index contributed by atoms with van der Waals surface area (Å²) in [6, 6.07) is 13.4. The van der Waals surface area contributed by atoms with E-state index in [4.69, 9.17) is 0 Å². The lowest BCUT2D eigenvalue weighted by Crippen LogP contribution is -2.17. The fourth-order valence-electron chi connectivity index (χ4n) is 2.15. The third-order valence-electron chi connectivity index (χ3n) is 3.40. The van der Waals surface area contributed by atoms with Crippen molar-refractivity contribution in [1.29, 1.82) is 0 Å². The molecule has 0 radical (unpaired) electrons. The third kappa shape index (κ3) is 3.44. The van der Waals surface area contributed by atoms with Crippen LogP contribution in [-0.2, 0) is 0 Å². The van der Waals surface area contributed by atoms with Gasteiger partial charge in [0.1, 0.15) is 11.5 Å². The molecular formula is C18H14N2O3S. The zero-order chi connectivity index (χ0) is 16.9. The maximum Gasteiger partial charge on any atom is 0.275 e. The summed E-state index contributed by atoms with van der Waals surface area (Å²) in [5.41, 5.74) is 4.94. The maximum atomic E-state index is 11.9. The van der Waals surface area contributed by atoms with Gasteiger partial charge in [0.2, 0.25) is 0 Å². The minimum Gasteiger partial charge on any atom is -0.507 e. The molecule has 120 valence electrons. The van der Waals surface area contributed by atoms with Gasteiger partial charge >= 0.3 is 0 Å². The topological polar surface area (TPSA) is 81.9 Å². The number of hydrogen-bond acceptors (Lipinski definition) is 5. The Hall–Kier alpha value is -3.12. The van der Waals surface area contributed by atoms with Crippen molar-refractivity contribution in [2.45, 2.75) is 0 Å². The summed E-state index contributed by atoms with van der Waals surface area (Å²) in [5.74, 6) is -0.583. The lowest BCUT2D eigenvalue weighted by molar-refractivity contribution is 0.0952. The summed E-state index contributed by atoms with van der Waals surface area (Å²) in [6.07, 6.45) is 1.36. The standard InChI is InChI=1S/C18H14N2O3S/c21-16-6-5-12(13-7-8-24-11-13)9-14(16)10-19-20-18(23)15-3-1-2-4-17(15)22/h1-11,21-22H,(H,20,23). The van der Waals surface area contributed by atoms with Crippen LogP contribution in [0.15, 0.2) is 64.4 Å². The van der Waals surface area contributed by atoms with Crippen LogP contribution >= 0.6 is 11.3 Å². The first-order valence-electron chi connectivity index (χ1n) is 7.12. The van der Waals surface area contributed by atoms with Crippen LogP contribution in [0.3, 0.4) is 0 Å². The lowest BCUT2D eigenvalue weighted by Gasteiger charge is -2.04. The van der Waals surface area contributed by atoms with E-state index in [9.17, 15) is 15.0 Å². The number of para-hydroxylation sites is 1. The van der Waals surface area contributed by atoms with Gasteiger partial charge in [0, 0.05) is 5.56 Å². The predicted molar refractivity (Wildman–Crippen MR) is 94.6 cm³/mol. The highest BCUT2D eigenvalue weighted by atomic mass is 32.1. The molecule has 3 N–H and O–H groups in total. The summed E-state index contributed by atoms with van der Waals surface area (Å²) < 4.78 is 0. The van der Waals surface area contributed by atoms with Crippen LogP contribution in [0.5, 0.6) is 11.5 Å². The zero-order valence-electron chi connectivity index (χ0n) is 12.5. The number of carbonyl (C=O) groups excluding carboxylic acids is 1. The molecule has 0 fully saturated rings. The molecule has 6 heteroatoms. The van der Waals surface area contributed by atoms with Gasteiger partial charge in [-0.25, -0.2) is 5.43 Å². The van der Waals surface area contributed by atoms with Crippen molar-refractivity contribution in [2.24, 2.45) is 5.10 Å². The van der Waals surface area contributed by atoms with Gasteiger partial charge in [0.05, 0.1) is 11.8 Å². The highest BCUT2D eigenvalue weighted by molar-refractivity contribution is 7.08.